The van der Waals surface area contributed by atoms with Crippen molar-refractivity contribution in [1.82, 2.24) is 0 Å². The summed E-state index contributed by atoms with van der Waals surface area (Å²) in [7, 11) is 3.01. The Hall–Kier alpha value is -3.06. The van der Waals surface area contributed by atoms with Gasteiger partial charge in [-0.25, -0.2) is 0 Å². The summed E-state index contributed by atoms with van der Waals surface area (Å²) in [5, 5.41) is 13.6. The first-order valence-corrected chi connectivity index (χ1v) is 7.47. The average molecular weight is 363 g/mol. The van der Waals surface area contributed by atoms with Gasteiger partial charge in [0.2, 0.25) is 5.91 Å². The number of amides is 1. The second-order valence-corrected chi connectivity index (χ2v) is 5.26. The minimum atomic E-state index is -0.581. The lowest BCUT2D eigenvalue weighted by Crippen LogP contribution is -2.09. The Balaban J connectivity index is 2.14. The molecule has 0 aliphatic rings. The summed E-state index contributed by atoms with van der Waals surface area (Å²) in [6, 6.07) is 9.25. The van der Waals surface area contributed by atoms with Crippen molar-refractivity contribution in [3.05, 3.63) is 63.2 Å². The van der Waals surface area contributed by atoms with Crippen molar-refractivity contribution in [2.45, 2.75) is 0 Å². The van der Waals surface area contributed by atoms with E-state index in [0.29, 0.717) is 22.7 Å². The van der Waals surface area contributed by atoms with Crippen molar-refractivity contribution in [2.24, 2.45) is 0 Å². The van der Waals surface area contributed by atoms with Crippen LogP contribution in [-0.2, 0) is 4.79 Å². The fourth-order valence-corrected chi connectivity index (χ4v) is 2.21. The third-order valence-corrected chi connectivity index (χ3v) is 3.58. The molecule has 25 heavy (non-hydrogen) atoms. The molecule has 2 rings (SSSR count). The van der Waals surface area contributed by atoms with E-state index in [1.54, 1.807) is 24.3 Å². The van der Waals surface area contributed by atoms with Crippen LogP contribution in [0.25, 0.3) is 6.08 Å². The largest absolute Gasteiger partial charge is 0.497 e. The lowest BCUT2D eigenvalue weighted by atomic mass is 10.2. The number of carbonyl (C=O) groups excluding carboxylic acids is 1. The standard InChI is InChI=1S/C17H15ClN2O5/c1-24-12-5-7-14(16(10-12)25-2)19-17(21)8-4-11-3-6-13(18)15(9-11)20(22)23/h3-10H,1-2H3,(H,19,21)/b8-4+. The Labute approximate surface area is 149 Å². The summed E-state index contributed by atoms with van der Waals surface area (Å²) in [5.74, 6) is 0.628. The summed E-state index contributed by atoms with van der Waals surface area (Å²) in [5.41, 5.74) is 0.731. The number of halogens is 1. The fraction of sp³-hybridized carbons (Fsp3) is 0.118. The number of hydrogen-bond acceptors (Lipinski definition) is 5. The number of methoxy groups -OCH3 is 2. The molecule has 0 heterocycles. The van der Waals surface area contributed by atoms with Crippen LogP contribution in [0, 0.1) is 10.1 Å². The van der Waals surface area contributed by atoms with Gasteiger partial charge in [-0.05, 0) is 29.8 Å². The van der Waals surface area contributed by atoms with E-state index in [1.807, 2.05) is 0 Å². The van der Waals surface area contributed by atoms with Gasteiger partial charge in [-0.15, -0.1) is 0 Å². The third kappa shape index (κ3) is 4.71. The predicted molar refractivity (Wildman–Crippen MR) is 95.3 cm³/mol. The second-order valence-electron chi connectivity index (χ2n) is 4.86. The van der Waals surface area contributed by atoms with Crippen molar-refractivity contribution >= 4 is 35.0 Å². The van der Waals surface area contributed by atoms with E-state index in [9.17, 15) is 14.9 Å². The Morgan fingerprint density at radius 3 is 2.60 bits per heavy atom. The fourth-order valence-electron chi connectivity index (χ4n) is 2.02. The van der Waals surface area contributed by atoms with Gasteiger partial charge in [-0.1, -0.05) is 17.7 Å². The van der Waals surface area contributed by atoms with Crippen LogP contribution in [0.2, 0.25) is 5.02 Å². The molecule has 0 aliphatic heterocycles. The molecule has 2 aromatic carbocycles. The molecule has 0 aliphatic carbocycles. The Morgan fingerprint density at radius 1 is 1.20 bits per heavy atom. The second kappa shape index (κ2) is 8.16. The molecule has 130 valence electrons. The normalized spacial score (nSPS) is 10.5. The Morgan fingerprint density at radius 2 is 1.96 bits per heavy atom. The first-order chi connectivity index (χ1) is 11.9. The van der Waals surface area contributed by atoms with E-state index in [2.05, 4.69) is 5.32 Å². The SMILES string of the molecule is COc1ccc(NC(=O)/C=C/c2ccc(Cl)c([N+](=O)[O-])c2)c(OC)c1. The smallest absolute Gasteiger partial charge is 0.288 e. The van der Waals surface area contributed by atoms with E-state index >= 15 is 0 Å². The molecule has 1 amide bonds. The third-order valence-electron chi connectivity index (χ3n) is 3.26. The van der Waals surface area contributed by atoms with Crippen molar-refractivity contribution in [3.8, 4) is 11.5 Å². The Kier molecular flexibility index (Phi) is 5.97. The molecule has 8 heteroatoms. The van der Waals surface area contributed by atoms with Crippen LogP contribution in [0.4, 0.5) is 11.4 Å². The van der Waals surface area contributed by atoms with E-state index in [4.69, 9.17) is 21.1 Å². The van der Waals surface area contributed by atoms with Crippen molar-refractivity contribution in [1.29, 1.82) is 0 Å². The highest BCUT2D eigenvalue weighted by molar-refractivity contribution is 6.32. The van der Waals surface area contributed by atoms with E-state index in [0.717, 1.165) is 0 Å². The van der Waals surface area contributed by atoms with Gasteiger partial charge in [0.1, 0.15) is 16.5 Å². The molecule has 0 saturated heterocycles. The number of rotatable bonds is 6. The van der Waals surface area contributed by atoms with Crippen molar-refractivity contribution < 1.29 is 19.2 Å². The quantitative estimate of drug-likeness (QED) is 0.478. The predicted octanol–water partition coefficient (Wildman–Crippen LogP) is 3.92. The van der Waals surface area contributed by atoms with Crippen molar-refractivity contribution in [3.63, 3.8) is 0 Å². The lowest BCUT2D eigenvalue weighted by molar-refractivity contribution is -0.384. The first-order valence-electron chi connectivity index (χ1n) is 7.09. The number of nitrogens with one attached hydrogen (secondary N) is 1. The summed E-state index contributed by atoms with van der Waals surface area (Å²) in [4.78, 5) is 22.3. The number of nitrogens with zero attached hydrogens (tertiary/aromatic N) is 1. The van der Waals surface area contributed by atoms with Crippen LogP contribution in [0.1, 0.15) is 5.56 Å². The monoisotopic (exact) mass is 362 g/mol. The minimum Gasteiger partial charge on any atom is -0.497 e. The van der Waals surface area contributed by atoms with Crippen LogP contribution in [0.5, 0.6) is 11.5 Å². The Bertz CT molecular complexity index is 836. The molecular formula is C17H15ClN2O5. The zero-order valence-electron chi connectivity index (χ0n) is 13.5. The van der Waals surface area contributed by atoms with E-state index in [-0.39, 0.29) is 10.7 Å². The number of ether oxygens (including phenoxy) is 2. The topological polar surface area (TPSA) is 90.7 Å². The van der Waals surface area contributed by atoms with Gasteiger partial charge in [0, 0.05) is 18.2 Å². The van der Waals surface area contributed by atoms with Crippen LogP contribution in [0.3, 0.4) is 0 Å². The summed E-state index contributed by atoms with van der Waals surface area (Å²) < 4.78 is 10.3. The number of nitro benzene ring substituents is 1. The molecule has 0 bridgehead atoms. The molecule has 0 radical (unpaired) electrons. The summed E-state index contributed by atoms with van der Waals surface area (Å²) in [6.07, 6.45) is 2.71. The number of anilines is 1. The molecule has 2 aromatic rings. The van der Waals surface area contributed by atoms with Crippen LogP contribution in [-0.4, -0.2) is 25.1 Å². The average Bonchev–Trinajstić information content (AvgIpc) is 2.61. The molecule has 0 saturated carbocycles. The van der Waals surface area contributed by atoms with Crippen molar-refractivity contribution in [2.75, 3.05) is 19.5 Å². The highest BCUT2D eigenvalue weighted by Gasteiger charge is 2.12. The highest BCUT2D eigenvalue weighted by atomic mass is 35.5. The number of hydrogen-bond donors (Lipinski definition) is 1. The molecule has 0 unspecified atom stereocenters. The van der Waals surface area contributed by atoms with Gasteiger partial charge >= 0.3 is 0 Å². The van der Waals surface area contributed by atoms with Gasteiger partial charge in [-0.3, -0.25) is 14.9 Å². The summed E-state index contributed by atoms with van der Waals surface area (Å²) in [6.45, 7) is 0. The van der Waals surface area contributed by atoms with Gasteiger partial charge in [0.05, 0.1) is 24.8 Å². The minimum absolute atomic E-state index is 0.0366. The molecule has 0 aromatic heterocycles. The maximum atomic E-state index is 12.0. The number of benzene rings is 2. The van der Waals surface area contributed by atoms with Gasteiger partial charge < -0.3 is 14.8 Å². The summed E-state index contributed by atoms with van der Waals surface area (Å²) >= 11 is 5.75. The van der Waals surface area contributed by atoms with Crippen LogP contribution < -0.4 is 14.8 Å². The zero-order chi connectivity index (χ0) is 18.4. The molecule has 0 atom stereocenters. The van der Waals surface area contributed by atoms with Crippen LogP contribution >= 0.6 is 11.6 Å². The molecule has 0 fully saturated rings. The molecular weight excluding hydrogens is 348 g/mol. The highest BCUT2D eigenvalue weighted by Crippen LogP contribution is 2.29. The maximum absolute atomic E-state index is 12.0. The molecule has 7 nitrogen and oxygen atoms in total. The van der Waals surface area contributed by atoms with Gasteiger partial charge in [-0.2, -0.15) is 0 Å². The zero-order valence-corrected chi connectivity index (χ0v) is 14.2. The first kappa shape index (κ1) is 18.3. The number of carbonyl (C=O) groups is 1. The lowest BCUT2D eigenvalue weighted by Gasteiger charge is -2.10. The number of nitro groups is 1. The van der Waals surface area contributed by atoms with Gasteiger partial charge in [0.15, 0.2) is 0 Å². The maximum Gasteiger partial charge on any atom is 0.288 e. The van der Waals surface area contributed by atoms with Gasteiger partial charge in [0.25, 0.3) is 5.69 Å². The molecule has 0 spiro atoms. The van der Waals surface area contributed by atoms with E-state index in [1.165, 1.54) is 38.5 Å². The molecule has 1 N–H and O–H groups in total. The van der Waals surface area contributed by atoms with Crippen LogP contribution in [0.15, 0.2) is 42.5 Å². The van der Waals surface area contributed by atoms with E-state index < -0.39 is 10.8 Å².